The molecule has 0 saturated heterocycles. The van der Waals surface area contributed by atoms with Gasteiger partial charge in [-0.15, -0.1) is 0 Å². The predicted molar refractivity (Wildman–Crippen MR) is 55.4 cm³/mol. The standard InChI is InChI=1S/C12H13NO/c1-12(2)7-4-3-5-10(9-12)11(14)6-8-13/h3-5,7,9H,6H2,1-2H3. The van der Waals surface area contributed by atoms with Crippen molar-refractivity contribution in [1.29, 1.82) is 5.26 Å². The highest BCUT2D eigenvalue weighted by Gasteiger charge is 2.15. The fraction of sp³-hybridized carbons (Fsp3) is 0.333. The maximum atomic E-state index is 11.5. The highest BCUT2D eigenvalue weighted by Crippen LogP contribution is 2.24. The number of carbonyl (C=O) groups is 1. The van der Waals surface area contributed by atoms with Gasteiger partial charge in [-0.3, -0.25) is 4.79 Å². The third-order valence-corrected chi connectivity index (χ3v) is 2.00. The van der Waals surface area contributed by atoms with Gasteiger partial charge in [-0.2, -0.15) is 5.26 Å². The molecule has 0 fully saturated rings. The maximum absolute atomic E-state index is 11.5. The van der Waals surface area contributed by atoms with E-state index < -0.39 is 0 Å². The first-order valence-electron chi connectivity index (χ1n) is 4.54. The number of rotatable bonds is 2. The molecule has 72 valence electrons. The predicted octanol–water partition coefficient (Wildman–Crippen LogP) is 2.55. The van der Waals surface area contributed by atoms with Gasteiger partial charge in [0.15, 0.2) is 5.78 Å². The van der Waals surface area contributed by atoms with Gasteiger partial charge >= 0.3 is 0 Å². The van der Waals surface area contributed by atoms with Gasteiger partial charge in [0.25, 0.3) is 0 Å². The first-order chi connectivity index (χ1) is 6.55. The smallest absolute Gasteiger partial charge is 0.176 e. The Bertz CT molecular complexity index is 364. The minimum Gasteiger partial charge on any atom is -0.293 e. The van der Waals surface area contributed by atoms with E-state index in [-0.39, 0.29) is 17.6 Å². The second kappa shape index (κ2) is 4.06. The molecule has 0 heterocycles. The highest BCUT2D eigenvalue weighted by atomic mass is 16.1. The van der Waals surface area contributed by atoms with Gasteiger partial charge in [-0.1, -0.05) is 44.2 Å². The Balaban J connectivity index is 2.95. The molecule has 14 heavy (non-hydrogen) atoms. The highest BCUT2D eigenvalue weighted by molar-refractivity contribution is 5.99. The van der Waals surface area contributed by atoms with Crippen LogP contribution in [0, 0.1) is 16.7 Å². The summed E-state index contributed by atoms with van der Waals surface area (Å²) in [5.74, 6) is -0.111. The van der Waals surface area contributed by atoms with Crippen LogP contribution in [0.1, 0.15) is 20.3 Å². The van der Waals surface area contributed by atoms with Crippen LogP contribution in [0.3, 0.4) is 0 Å². The van der Waals surface area contributed by atoms with Crippen LogP contribution < -0.4 is 0 Å². The van der Waals surface area contributed by atoms with E-state index in [2.05, 4.69) is 0 Å². The van der Waals surface area contributed by atoms with Crippen LogP contribution in [0.15, 0.2) is 36.0 Å². The number of nitriles is 1. The van der Waals surface area contributed by atoms with Crippen molar-refractivity contribution in [3.8, 4) is 6.07 Å². The number of hydrogen-bond donors (Lipinski definition) is 0. The fourth-order valence-corrected chi connectivity index (χ4v) is 1.31. The molecular weight excluding hydrogens is 174 g/mol. The largest absolute Gasteiger partial charge is 0.293 e. The summed E-state index contributed by atoms with van der Waals surface area (Å²) in [4.78, 5) is 11.5. The molecule has 0 radical (unpaired) electrons. The minimum absolute atomic E-state index is 0.0494. The third-order valence-electron chi connectivity index (χ3n) is 2.00. The lowest BCUT2D eigenvalue weighted by molar-refractivity contribution is -0.114. The molecule has 0 unspecified atom stereocenters. The average Bonchev–Trinajstić information content (AvgIpc) is 2.27. The molecule has 0 aromatic carbocycles. The van der Waals surface area contributed by atoms with Gasteiger partial charge in [0.1, 0.15) is 0 Å². The van der Waals surface area contributed by atoms with Crippen LogP contribution in [0.4, 0.5) is 0 Å². The summed E-state index contributed by atoms with van der Waals surface area (Å²) in [6.07, 6.45) is 9.37. The summed E-state index contributed by atoms with van der Waals surface area (Å²) < 4.78 is 0. The lowest BCUT2D eigenvalue weighted by atomic mass is 9.90. The lowest BCUT2D eigenvalue weighted by Gasteiger charge is -2.14. The Morgan fingerprint density at radius 2 is 2.21 bits per heavy atom. The van der Waals surface area contributed by atoms with Crippen molar-refractivity contribution in [1.82, 2.24) is 0 Å². The fourth-order valence-electron chi connectivity index (χ4n) is 1.31. The number of carbonyl (C=O) groups excluding carboxylic acids is 1. The van der Waals surface area contributed by atoms with Crippen LogP contribution in [-0.2, 0) is 4.79 Å². The van der Waals surface area contributed by atoms with Crippen molar-refractivity contribution in [3.63, 3.8) is 0 Å². The first-order valence-corrected chi connectivity index (χ1v) is 4.54. The number of Topliss-reactive ketones (excluding diaryl/α,β-unsaturated/α-hetero) is 1. The molecule has 0 aromatic rings. The summed E-state index contributed by atoms with van der Waals surface area (Å²) in [5, 5.41) is 8.43. The molecule has 2 nitrogen and oxygen atoms in total. The summed E-state index contributed by atoms with van der Waals surface area (Å²) in [7, 11) is 0. The van der Waals surface area contributed by atoms with Gasteiger partial charge in [-0.25, -0.2) is 0 Å². The monoisotopic (exact) mass is 187 g/mol. The Kier molecular flexibility index (Phi) is 3.03. The van der Waals surface area contributed by atoms with Crippen LogP contribution in [0.2, 0.25) is 0 Å². The molecule has 0 aromatic heterocycles. The van der Waals surface area contributed by atoms with Crippen molar-refractivity contribution in [2.75, 3.05) is 0 Å². The maximum Gasteiger partial charge on any atom is 0.176 e. The Morgan fingerprint density at radius 3 is 2.86 bits per heavy atom. The number of hydrogen-bond acceptors (Lipinski definition) is 2. The number of allylic oxidation sites excluding steroid dienone is 6. The zero-order valence-corrected chi connectivity index (χ0v) is 8.45. The normalized spacial score (nSPS) is 18.2. The number of ketones is 1. The molecule has 1 aliphatic carbocycles. The molecule has 0 saturated carbocycles. The molecule has 0 amide bonds. The van der Waals surface area contributed by atoms with Crippen molar-refractivity contribution in [3.05, 3.63) is 36.0 Å². The van der Waals surface area contributed by atoms with Crippen LogP contribution in [-0.4, -0.2) is 5.78 Å². The number of nitrogens with zero attached hydrogens (tertiary/aromatic N) is 1. The summed E-state index contributed by atoms with van der Waals surface area (Å²) in [6.45, 7) is 4.05. The van der Waals surface area contributed by atoms with Gasteiger partial charge in [-0.05, 0) is 0 Å². The molecular formula is C12H13NO. The summed E-state index contributed by atoms with van der Waals surface area (Å²) in [6, 6.07) is 1.87. The van der Waals surface area contributed by atoms with E-state index in [9.17, 15) is 4.79 Å². The Hall–Kier alpha value is -1.62. The molecule has 2 heteroatoms. The summed E-state index contributed by atoms with van der Waals surface area (Å²) >= 11 is 0. The van der Waals surface area contributed by atoms with Crippen molar-refractivity contribution >= 4 is 5.78 Å². The Morgan fingerprint density at radius 1 is 1.50 bits per heavy atom. The minimum atomic E-state index is -0.121. The van der Waals surface area contributed by atoms with Crippen molar-refractivity contribution in [2.45, 2.75) is 20.3 Å². The van der Waals surface area contributed by atoms with Crippen LogP contribution in [0.25, 0.3) is 0 Å². The van der Waals surface area contributed by atoms with Gasteiger partial charge in [0.05, 0.1) is 12.5 Å². The van der Waals surface area contributed by atoms with Gasteiger partial charge in [0.2, 0.25) is 0 Å². The molecule has 1 rings (SSSR count). The molecule has 0 spiro atoms. The van der Waals surface area contributed by atoms with Gasteiger partial charge < -0.3 is 0 Å². The van der Waals surface area contributed by atoms with E-state index in [1.165, 1.54) is 0 Å². The topological polar surface area (TPSA) is 40.9 Å². The van der Waals surface area contributed by atoms with E-state index in [1.807, 2.05) is 44.2 Å². The molecule has 0 N–H and O–H groups in total. The SMILES string of the molecule is CC1(C)C=CC=CC(C(=O)CC#N)=C1. The van der Waals surface area contributed by atoms with Crippen molar-refractivity contribution < 1.29 is 4.79 Å². The lowest BCUT2D eigenvalue weighted by Crippen LogP contribution is -2.07. The summed E-state index contributed by atoms with van der Waals surface area (Å²) in [5.41, 5.74) is 0.505. The molecule has 0 aliphatic heterocycles. The zero-order chi connectivity index (χ0) is 10.6. The molecule has 0 bridgehead atoms. The average molecular weight is 187 g/mol. The van der Waals surface area contributed by atoms with E-state index >= 15 is 0 Å². The van der Waals surface area contributed by atoms with Crippen molar-refractivity contribution in [2.24, 2.45) is 5.41 Å². The first kappa shape index (κ1) is 10.5. The molecule has 1 aliphatic rings. The van der Waals surface area contributed by atoms with Crippen LogP contribution >= 0.6 is 0 Å². The third kappa shape index (κ3) is 2.70. The quantitative estimate of drug-likeness (QED) is 0.666. The van der Waals surface area contributed by atoms with Gasteiger partial charge in [0, 0.05) is 11.0 Å². The zero-order valence-electron chi connectivity index (χ0n) is 8.45. The van der Waals surface area contributed by atoms with E-state index in [0.717, 1.165) is 0 Å². The second-order valence-corrected chi connectivity index (χ2v) is 3.90. The Labute approximate surface area is 84.2 Å². The van der Waals surface area contributed by atoms with E-state index in [0.29, 0.717) is 5.57 Å². The second-order valence-electron chi connectivity index (χ2n) is 3.90. The molecule has 0 atom stereocenters. The van der Waals surface area contributed by atoms with Crippen LogP contribution in [0.5, 0.6) is 0 Å². The van der Waals surface area contributed by atoms with E-state index in [1.54, 1.807) is 6.08 Å². The van der Waals surface area contributed by atoms with E-state index in [4.69, 9.17) is 5.26 Å².